The fourth-order valence-corrected chi connectivity index (χ4v) is 3.93. The molecule has 7 nitrogen and oxygen atoms in total. The Labute approximate surface area is 188 Å². The van der Waals surface area contributed by atoms with Crippen molar-refractivity contribution in [2.75, 3.05) is 13.7 Å². The van der Waals surface area contributed by atoms with E-state index in [1.807, 2.05) is 37.3 Å². The van der Waals surface area contributed by atoms with E-state index >= 15 is 0 Å². The van der Waals surface area contributed by atoms with E-state index in [0.29, 0.717) is 18.3 Å². The zero-order valence-electron chi connectivity index (χ0n) is 18.8. The molecular weight excluding hydrogens is 406 g/mol. The van der Waals surface area contributed by atoms with Crippen LogP contribution in [0.2, 0.25) is 0 Å². The van der Waals surface area contributed by atoms with Crippen molar-refractivity contribution in [2.45, 2.75) is 52.2 Å². The van der Waals surface area contributed by atoms with Gasteiger partial charge < -0.3 is 18.9 Å². The van der Waals surface area contributed by atoms with Gasteiger partial charge in [-0.05, 0) is 87.1 Å². The van der Waals surface area contributed by atoms with Crippen molar-refractivity contribution in [1.29, 1.82) is 0 Å². The van der Waals surface area contributed by atoms with Gasteiger partial charge in [-0.2, -0.15) is 4.98 Å². The molecule has 1 amide bonds. The molecule has 2 aromatic carbocycles. The molecule has 0 fully saturated rings. The van der Waals surface area contributed by atoms with Crippen LogP contribution in [-0.4, -0.2) is 40.7 Å². The van der Waals surface area contributed by atoms with Crippen molar-refractivity contribution in [1.82, 2.24) is 15.0 Å². The number of ether oxygens (including phenoxy) is 2. The van der Waals surface area contributed by atoms with Crippen molar-refractivity contribution in [3.8, 4) is 22.9 Å². The number of amides is 1. The second-order valence-corrected chi connectivity index (χ2v) is 8.06. The number of aromatic nitrogens is 2. The largest absolute Gasteiger partial charge is 0.494 e. The third kappa shape index (κ3) is 5.10. The number of hydrogen-bond acceptors (Lipinski definition) is 6. The molecule has 7 heteroatoms. The summed E-state index contributed by atoms with van der Waals surface area (Å²) in [5.41, 5.74) is 3.54. The van der Waals surface area contributed by atoms with Crippen LogP contribution in [0.5, 0.6) is 11.5 Å². The summed E-state index contributed by atoms with van der Waals surface area (Å²) in [6.45, 7) is 4.52. The summed E-state index contributed by atoms with van der Waals surface area (Å²) in [5, 5.41) is 4.03. The molecule has 1 aromatic heterocycles. The maximum Gasteiger partial charge on any atom is 0.263 e. The first kappa shape index (κ1) is 21.9. The first-order valence-electron chi connectivity index (χ1n) is 11.1. The third-order valence-corrected chi connectivity index (χ3v) is 5.62. The van der Waals surface area contributed by atoms with Crippen molar-refractivity contribution in [2.24, 2.45) is 0 Å². The summed E-state index contributed by atoms with van der Waals surface area (Å²) >= 11 is 0. The van der Waals surface area contributed by atoms with E-state index in [1.54, 1.807) is 18.9 Å². The van der Waals surface area contributed by atoms with E-state index in [1.165, 1.54) is 24.0 Å². The van der Waals surface area contributed by atoms with Gasteiger partial charge in [0, 0.05) is 12.6 Å². The molecule has 0 aliphatic heterocycles. The Balaban J connectivity index is 1.35. The summed E-state index contributed by atoms with van der Waals surface area (Å²) in [6, 6.07) is 13.6. The first-order chi connectivity index (χ1) is 15.5. The molecule has 1 aliphatic rings. The topological polar surface area (TPSA) is 77.7 Å². The van der Waals surface area contributed by atoms with Crippen molar-refractivity contribution < 1.29 is 18.8 Å². The van der Waals surface area contributed by atoms with Crippen LogP contribution < -0.4 is 9.47 Å². The Morgan fingerprint density at radius 1 is 1.09 bits per heavy atom. The first-order valence-corrected chi connectivity index (χ1v) is 11.1. The predicted molar refractivity (Wildman–Crippen MR) is 121 cm³/mol. The fraction of sp³-hybridized carbons (Fsp3) is 0.400. The Morgan fingerprint density at radius 2 is 1.81 bits per heavy atom. The molecule has 1 heterocycles. The lowest BCUT2D eigenvalue weighted by Crippen LogP contribution is -2.37. The van der Waals surface area contributed by atoms with Gasteiger partial charge in [-0.1, -0.05) is 11.2 Å². The standard InChI is InChI=1S/C25H29N3O4/c1-4-30-21-12-10-19(11-13-21)24-26-23(32-27-24)16-28(3)25(29)17(2)31-22-14-9-18-7-5-6-8-20(18)15-22/h9-15,17H,4-8,16H2,1-3H3. The molecule has 0 saturated heterocycles. The number of nitrogens with zero attached hydrogens (tertiary/aromatic N) is 3. The average Bonchev–Trinajstić information content (AvgIpc) is 3.27. The van der Waals surface area contributed by atoms with Crippen LogP contribution >= 0.6 is 0 Å². The smallest absolute Gasteiger partial charge is 0.263 e. The van der Waals surface area contributed by atoms with Gasteiger partial charge in [-0.25, -0.2) is 0 Å². The number of benzene rings is 2. The second kappa shape index (κ2) is 9.85. The molecule has 4 rings (SSSR count). The summed E-state index contributed by atoms with van der Waals surface area (Å²) in [7, 11) is 1.70. The number of rotatable bonds is 8. The summed E-state index contributed by atoms with van der Waals surface area (Å²) in [6.07, 6.45) is 4.02. The second-order valence-electron chi connectivity index (χ2n) is 8.06. The molecule has 32 heavy (non-hydrogen) atoms. The summed E-state index contributed by atoms with van der Waals surface area (Å²) in [5.74, 6) is 2.21. The van der Waals surface area contributed by atoms with Crippen LogP contribution in [0.4, 0.5) is 0 Å². The Bertz CT molecular complexity index is 1060. The quantitative estimate of drug-likeness (QED) is 0.521. The van der Waals surface area contributed by atoms with Gasteiger partial charge in [0.2, 0.25) is 11.7 Å². The van der Waals surface area contributed by atoms with Crippen LogP contribution in [0.15, 0.2) is 47.0 Å². The van der Waals surface area contributed by atoms with Gasteiger partial charge in [0.25, 0.3) is 5.91 Å². The molecule has 3 aromatic rings. The van der Waals surface area contributed by atoms with Crippen molar-refractivity contribution in [3.63, 3.8) is 0 Å². The Kier molecular flexibility index (Phi) is 6.73. The number of hydrogen-bond donors (Lipinski definition) is 0. The monoisotopic (exact) mass is 435 g/mol. The molecule has 1 atom stereocenters. The number of fused-ring (bicyclic) bond motifs is 1. The van der Waals surface area contributed by atoms with Crippen molar-refractivity contribution in [3.05, 3.63) is 59.5 Å². The van der Waals surface area contributed by atoms with E-state index in [4.69, 9.17) is 14.0 Å². The molecule has 1 unspecified atom stereocenters. The minimum atomic E-state index is -0.616. The molecule has 0 radical (unpaired) electrons. The number of carbonyl (C=O) groups excluding carboxylic acids is 1. The van der Waals surface area contributed by atoms with E-state index in [9.17, 15) is 4.79 Å². The lowest BCUT2D eigenvalue weighted by molar-refractivity contribution is -0.137. The highest BCUT2D eigenvalue weighted by Gasteiger charge is 2.22. The van der Waals surface area contributed by atoms with E-state index in [2.05, 4.69) is 22.3 Å². The van der Waals surface area contributed by atoms with Crippen LogP contribution in [0.25, 0.3) is 11.4 Å². The highest BCUT2D eigenvalue weighted by molar-refractivity contribution is 5.80. The molecule has 0 saturated carbocycles. The van der Waals surface area contributed by atoms with E-state index in [0.717, 1.165) is 29.9 Å². The van der Waals surface area contributed by atoms with Gasteiger partial charge in [0.05, 0.1) is 13.2 Å². The average molecular weight is 436 g/mol. The highest BCUT2D eigenvalue weighted by atomic mass is 16.5. The molecule has 0 bridgehead atoms. The number of carbonyl (C=O) groups is 1. The number of likely N-dealkylation sites (N-methyl/N-ethyl adjacent to an activating group) is 1. The van der Waals surface area contributed by atoms with Gasteiger partial charge in [-0.3, -0.25) is 4.79 Å². The molecule has 168 valence electrons. The molecule has 1 aliphatic carbocycles. The molecular formula is C25H29N3O4. The van der Waals surface area contributed by atoms with E-state index < -0.39 is 6.10 Å². The molecule has 0 N–H and O–H groups in total. The fourth-order valence-electron chi connectivity index (χ4n) is 3.93. The summed E-state index contributed by atoms with van der Waals surface area (Å²) < 4.78 is 16.7. The van der Waals surface area contributed by atoms with Gasteiger partial charge in [0.1, 0.15) is 11.5 Å². The van der Waals surface area contributed by atoms with Crippen molar-refractivity contribution >= 4 is 5.91 Å². The summed E-state index contributed by atoms with van der Waals surface area (Å²) in [4.78, 5) is 18.8. The highest BCUT2D eigenvalue weighted by Crippen LogP contribution is 2.26. The lowest BCUT2D eigenvalue weighted by Gasteiger charge is -2.22. The predicted octanol–water partition coefficient (Wildman–Crippen LogP) is 4.44. The minimum Gasteiger partial charge on any atom is -0.494 e. The van der Waals surface area contributed by atoms with Crippen LogP contribution in [0, 0.1) is 0 Å². The van der Waals surface area contributed by atoms with Gasteiger partial charge >= 0.3 is 0 Å². The zero-order chi connectivity index (χ0) is 22.5. The van der Waals surface area contributed by atoms with Crippen LogP contribution in [0.1, 0.15) is 43.7 Å². The normalized spacial score (nSPS) is 13.8. The van der Waals surface area contributed by atoms with E-state index in [-0.39, 0.29) is 12.5 Å². The Morgan fingerprint density at radius 3 is 2.56 bits per heavy atom. The van der Waals surface area contributed by atoms with Crippen LogP contribution in [0.3, 0.4) is 0 Å². The minimum absolute atomic E-state index is 0.150. The SMILES string of the molecule is CCOc1ccc(-c2noc(CN(C)C(=O)C(C)Oc3ccc4c(c3)CCCC4)n2)cc1. The van der Waals surface area contributed by atoms with Gasteiger partial charge in [-0.15, -0.1) is 0 Å². The third-order valence-electron chi connectivity index (χ3n) is 5.62. The van der Waals surface area contributed by atoms with Gasteiger partial charge in [0.15, 0.2) is 6.10 Å². The lowest BCUT2D eigenvalue weighted by atomic mass is 9.92. The number of aryl methyl sites for hydroxylation is 2. The maximum absolute atomic E-state index is 12.8. The maximum atomic E-state index is 12.8. The Hall–Kier alpha value is -3.35. The molecule has 0 spiro atoms. The van der Waals surface area contributed by atoms with Crippen LogP contribution in [-0.2, 0) is 24.2 Å². The zero-order valence-corrected chi connectivity index (χ0v) is 18.8.